The van der Waals surface area contributed by atoms with Gasteiger partial charge >= 0.3 is 5.97 Å². The summed E-state index contributed by atoms with van der Waals surface area (Å²) in [4.78, 5) is 52.1. The molecule has 0 spiro atoms. The highest BCUT2D eigenvalue weighted by molar-refractivity contribution is 9.10. The molecule has 2 bridgehead atoms. The number of fused-ring (bicyclic) bond motifs is 5. The Kier molecular flexibility index (Phi) is 5.53. The molecule has 0 unspecified atom stereocenters. The van der Waals surface area contributed by atoms with E-state index in [1.165, 1.54) is 0 Å². The highest BCUT2D eigenvalue weighted by Gasteiger charge is 2.61. The molecule has 1 aliphatic heterocycles. The number of carbonyl (C=O) groups is 4. The second-order valence-electron chi connectivity index (χ2n) is 8.40. The van der Waals surface area contributed by atoms with Crippen LogP contribution in [0.4, 0.5) is 5.69 Å². The van der Waals surface area contributed by atoms with Crippen LogP contribution in [-0.2, 0) is 23.9 Å². The van der Waals surface area contributed by atoms with E-state index in [9.17, 15) is 19.2 Å². The molecule has 1 heterocycles. The first-order chi connectivity index (χ1) is 14.3. The van der Waals surface area contributed by atoms with Gasteiger partial charge in [0.1, 0.15) is 6.04 Å². The van der Waals surface area contributed by atoms with E-state index in [4.69, 9.17) is 4.74 Å². The van der Waals surface area contributed by atoms with E-state index in [1.54, 1.807) is 38.1 Å². The fourth-order valence-corrected chi connectivity index (χ4v) is 5.09. The zero-order valence-electron chi connectivity index (χ0n) is 16.7. The van der Waals surface area contributed by atoms with Crippen molar-refractivity contribution >= 4 is 45.3 Å². The number of allylic oxidation sites excluding steroid dienone is 2. The molecule has 1 aromatic rings. The predicted molar refractivity (Wildman–Crippen MR) is 112 cm³/mol. The van der Waals surface area contributed by atoms with Gasteiger partial charge in [0.25, 0.3) is 5.91 Å². The number of hydrogen-bond acceptors (Lipinski definition) is 5. The van der Waals surface area contributed by atoms with Crippen molar-refractivity contribution in [1.82, 2.24) is 4.90 Å². The second kappa shape index (κ2) is 7.98. The summed E-state index contributed by atoms with van der Waals surface area (Å²) in [6.45, 7) is 3.03. The molecule has 7 nitrogen and oxygen atoms in total. The van der Waals surface area contributed by atoms with Crippen LogP contribution in [0.3, 0.4) is 0 Å². The molecular formula is C22H23BrN2O5. The molecule has 3 amide bonds. The molecule has 1 saturated heterocycles. The summed E-state index contributed by atoms with van der Waals surface area (Å²) in [5, 5.41) is 2.64. The third-order valence-corrected chi connectivity index (χ3v) is 6.66. The van der Waals surface area contributed by atoms with Crippen LogP contribution in [0.2, 0.25) is 0 Å². The molecule has 2 fully saturated rings. The minimum Gasteiger partial charge on any atom is -0.454 e. The van der Waals surface area contributed by atoms with Crippen molar-refractivity contribution in [3.63, 3.8) is 0 Å². The Labute approximate surface area is 183 Å². The molecule has 1 aromatic carbocycles. The van der Waals surface area contributed by atoms with E-state index >= 15 is 0 Å². The third kappa shape index (κ3) is 3.57. The van der Waals surface area contributed by atoms with Gasteiger partial charge in [-0.15, -0.1) is 0 Å². The molecule has 0 radical (unpaired) electrons. The van der Waals surface area contributed by atoms with Gasteiger partial charge in [-0.1, -0.05) is 41.9 Å². The number of nitrogens with one attached hydrogen (secondary N) is 1. The molecule has 4 rings (SSSR count). The Bertz CT molecular complexity index is 896. The van der Waals surface area contributed by atoms with Crippen LogP contribution in [0.15, 0.2) is 40.9 Å². The van der Waals surface area contributed by atoms with Crippen molar-refractivity contribution < 1.29 is 23.9 Å². The normalized spacial score (nSPS) is 27.5. The van der Waals surface area contributed by atoms with Gasteiger partial charge in [0.2, 0.25) is 11.8 Å². The number of likely N-dealkylation sites (tertiary alicyclic amines) is 1. The summed E-state index contributed by atoms with van der Waals surface area (Å²) in [5.74, 6) is -2.75. The number of imide groups is 1. The minimum atomic E-state index is -1.03. The summed E-state index contributed by atoms with van der Waals surface area (Å²) < 4.78 is 6.08. The summed E-state index contributed by atoms with van der Waals surface area (Å²) in [6, 6.07) is 5.95. The van der Waals surface area contributed by atoms with Crippen molar-refractivity contribution in [2.75, 3.05) is 11.9 Å². The van der Waals surface area contributed by atoms with Gasteiger partial charge in [-0.25, -0.2) is 4.79 Å². The van der Waals surface area contributed by atoms with Gasteiger partial charge in [0.15, 0.2) is 6.61 Å². The summed E-state index contributed by atoms with van der Waals surface area (Å²) >= 11 is 3.32. The van der Waals surface area contributed by atoms with Crippen LogP contribution in [0, 0.1) is 29.6 Å². The van der Waals surface area contributed by atoms with Gasteiger partial charge in [-0.05, 0) is 48.4 Å². The first-order valence-electron chi connectivity index (χ1n) is 10.0. The zero-order valence-corrected chi connectivity index (χ0v) is 18.3. The van der Waals surface area contributed by atoms with E-state index in [-0.39, 0.29) is 41.4 Å². The Balaban J connectivity index is 1.41. The number of amides is 3. The summed E-state index contributed by atoms with van der Waals surface area (Å²) in [6.07, 6.45) is 4.85. The zero-order chi connectivity index (χ0) is 21.6. The number of esters is 1. The van der Waals surface area contributed by atoms with Crippen LogP contribution < -0.4 is 5.32 Å². The fourth-order valence-electron chi connectivity index (χ4n) is 4.83. The van der Waals surface area contributed by atoms with E-state index in [2.05, 4.69) is 21.2 Å². The maximum absolute atomic E-state index is 13.0. The first kappa shape index (κ1) is 20.8. The Hall–Kier alpha value is -2.48. The lowest BCUT2D eigenvalue weighted by Crippen LogP contribution is -2.50. The molecule has 2 aliphatic carbocycles. The number of nitrogens with zero attached hydrogens (tertiary/aromatic N) is 1. The van der Waals surface area contributed by atoms with Crippen molar-refractivity contribution in [2.45, 2.75) is 26.3 Å². The van der Waals surface area contributed by atoms with Crippen molar-refractivity contribution in [3.05, 3.63) is 40.9 Å². The fraction of sp³-hybridized carbons (Fsp3) is 0.455. The lowest BCUT2D eigenvalue weighted by molar-refractivity contribution is -0.162. The molecule has 158 valence electrons. The second-order valence-corrected chi connectivity index (χ2v) is 9.31. The number of ether oxygens (including phenoxy) is 1. The van der Waals surface area contributed by atoms with Crippen LogP contribution in [0.1, 0.15) is 20.3 Å². The number of anilines is 1. The van der Waals surface area contributed by atoms with E-state index in [0.29, 0.717) is 5.69 Å². The van der Waals surface area contributed by atoms with Gasteiger partial charge in [-0.3, -0.25) is 19.3 Å². The monoisotopic (exact) mass is 474 g/mol. The van der Waals surface area contributed by atoms with Gasteiger partial charge < -0.3 is 10.1 Å². The van der Waals surface area contributed by atoms with Crippen molar-refractivity contribution in [1.29, 1.82) is 0 Å². The lowest BCUT2D eigenvalue weighted by Gasteiger charge is -2.28. The highest BCUT2D eigenvalue weighted by Crippen LogP contribution is 2.53. The first-order valence-corrected chi connectivity index (χ1v) is 10.8. The molecule has 8 heteroatoms. The van der Waals surface area contributed by atoms with E-state index in [0.717, 1.165) is 15.8 Å². The maximum Gasteiger partial charge on any atom is 0.330 e. The molecule has 3 aliphatic rings. The summed E-state index contributed by atoms with van der Waals surface area (Å²) in [7, 11) is 0. The Morgan fingerprint density at radius 3 is 2.20 bits per heavy atom. The molecular weight excluding hydrogens is 452 g/mol. The van der Waals surface area contributed by atoms with Crippen molar-refractivity contribution in [3.8, 4) is 0 Å². The predicted octanol–water partition coefficient (Wildman–Crippen LogP) is 2.76. The van der Waals surface area contributed by atoms with Crippen LogP contribution in [0.25, 0.3) is 0 Å². The van der Waals surface area contributed by atoms with E-state index < -0.39 is 24.5 Å². The van der Waals surface area contributed by atoms with Crippen molar-refractivity contribution in [2.24, 2.45) is 29.6 Å². The van der Waals surface area contributed by atoms with Crippen LogP contribution >= 0.6 is 15.9 Å². The van der Waals surface area contributed by atoms with Gasteiger partial charge in [0, 0.05) is 10.2 Å². The SMILES string of the molecule is CC(C)[C@H](C(=O)OCC(=O)Nc1ccc(Br)cc1)N1C(=O)[C@@H]2[C@H](C1=O)[C@H]1C=C[C@H]2C1. The quantitative estimate of drug-likeness (QED) is 0.388. The number of halogens is 1. The standard InChI is InChI=1S/C22H23BrN2O5/c1-11(2)19(22(29)30-10-16(26)24-15-7-5-14(23)6-8-15)25-20(27)17-12-3-4-13(9-12)18(17)21(25)28/h3-8,11-13,17-19H,9-10H2,1-2H3,(H,24,26)/t12-,13-,17-,18+,19+/m0/s1. The molecule has 0 aromatic heterocycles. The average Bonchev–Trinajstić information content (AvgIpc) is 3.38. The average molecular weight is 475 g/mol. The lowest BCUT2D eigenvalue weighted by atomic mass is 9.85. The van der Waals surface area contributed by atoms with Crippen LogP contribution in [0.5, 0.6) is 0 Å². The molecule has 5 atom stereocenters. The Morgan fingerprint density at radius 2 is 1.67 bits per heavy atom. The topological polar surface area (TPSA) is 92.8 Å². The van der Waals surface area contributed by atoms with Crippen LogP contribution in [-0.4, -0.2) is 41.2 Å². The summed E-state index contributed by atoms with van der Waals surface area (Å²) in [5.41, 5.74) is 0.570. The van der Waals surface area contributed by atoms with Gasteiger partial charge in [-0.2, -0.15) is 0 Å². The molecule has 1 N–H and O–H groups in total. The third-order valence-electron chi connectivity index (χ3n) is 6.13. The minimum absolute atomic E-state index is 0.0713. The maximum atomic E-state index is 13.0. The molecule has 1 saturated carbocycles. The van der Waals surface area contributed by atoms with Gasteiger partial charge in [0.05, 0.1) is 11.8 Å². The number of benzene rings is 1. The number of hydrogen-bond donors (Lipinski definition) is 1. The Morgan fingerprint density at radius 1 is 1.10 bits per heavy atom. The number of carbonyl (C=O) groups excluding carboxylic acids is 4. The largest absolute Gasteiger partial charge is 0.454 e. The molecule has 30 heavy (non-hydrogen) atoms. The van der Waals surface area contributed by atoms with E-state index in [1.807, 2.05) is 12.2 Å². The smallest absolute Gasteiger partial charge is 0.330 e. The number of rotatable bonds is 6. The highest BCUT2D eigenvalue weighted by atomic mass is 79.9.